The minimum Gasteiger partial charge on any atom is -0.391 e. The molecule has 0 aliphatic heterocycles. The lowest BCUT2D eigenvalue weighted by molar-refractivity contribution is 0.177. The van der Waals surface area contributed by atoms with Crippen LogP contribution in [0.25, 0.3) is 0 Å². The van der Waals surface area contributed by atoms with Gasteiger partial charge in [-0.2, -0.15) is 13.1 Å². The first-order valence-corrected chi connectivity index (χ1v) is 4.11. The topological polar surface area (TPSA) is 104 Å². The third-order valence-electron chi connectivity index (χ3n) is 0.885. The minimum atomic E-state index is -4.45. The van der Waals surface area contributed by atoms with Crippen LogP contribution < -0.4 is 4.72 Å². The van der Waals surface area contributed by atoms with E-state index in [0.717, 1.165) is 0 Å². The van der Waals surface area contributed by atoms with Gasteiger partial charge in [0.05, 0.1) is 6.10 Å². The summed E-state index contributed by atoms with van der Waals surface area (Å²) >= 11 is 0. The van der Waals surface area contributed by atoms with Crippen molar-refractivity contribution >= 4 is 16.6 Å². The molecule has 0 aromatic rings. The molecule has 0 heterocycles. The van der Waals surface area contributed by atoms with Crippen LogP contribution in [0.2, 0.25) is 0 Å². The Kier molecular flexibility index (Phi) is 3.59. The molecule has 0 aromatic carbocycles. The lowest BCUT2D eigenvalue weighted by atomic mass is 10.2. The summed E-state index contributed by atoms with van der Waals surface area (Å²) in [6.45, 7) is 1.19. The van der Waals surface area contributed by atoms with Gasteiger partial charge in [0.1, 0.15) is 6.04 Å². The van der Waals surface area contributed by atoms with E-state index >= 15 is 0 Å². The summed E-state index contributed by atoms with van der Waals surface area (Å²) in [4.78, 5) is 9.90. The van der Waals surface area contributed by atoms with Gasteiger partial charge >= 0.3 is 10.3 Å². The number of hydrogen-bond donors (Lipinski definition) is 3. The van der Waals surface area contributed by atoms with Crippen LogP contribution in [0.1, 0.15) is 6.92 Å². The fourth-order valence-corrected chi connectivity index (χ4v) is 0.947. The number of aliphatic hydroxyl groups is 1. The highest BCUT2D eigenvalue weighted by atomic mass is 32.2. The van der Waals surface area contributed by atoms with Crippen LogP contribution in [0, 0.1) is 0 Å². The van der Waals surface area contributed by atoms with Crippen LogP contribution in [0.4, 0.5) is 0 Å². The average Bonchev–Trinajstić information content (AvgIpc) is 1.80. The van der Waals surface area contributed by atoms with E-state index in [9.17, 15) is 13.2 Å². The van der Waals surface area contributed by atoms with Crippen molar-refractivity contribution in [3.05, 3.63) is 0 Å². The molecule has 0 bridgehead atoms. The number of rotatable bonds is 4. The molecule has 0 amide bonds. The Morgan fingerprint density at radius 1 is 1.55 bits per heavy atom. The molecule has 2 atom stereocenters. The summed E-state index contributed by atoms with van der Waals surface area (Å²) < 4.78 is 29.7. The number of carbonyl (C=O) groups excluding carboxylic acids is 1. The summed E-state index contributed by atoms with van der Waals surface area (Å²) in [6, 6.07) is -1.43. The molecule has 7 heteroatoms. The van der Waals surface area contributed by atoms with Crippen LogP contribution in [-0.4, -0.2) is 36.5 Å². The van der Waals surface area contributed by atoms with Gasteiger partial charge in [-0.05, 0) is 6.92 Å². The summed E-state index contributed by atoms with van der Waals surface area (Å²) in [5.74, 6) is 0. The molecule has 0 aliphatic rings. The van der Waals surface area contributed by atoms with Crippen LogP contribution in [0.15, 0.2) is 0 Å². The van der Waals surface area contributed by atoms with Gasteiger partial charge in [-0.25, -0.2) is 0 Å². The maximum Gasteiger partial charge on any atom is 0.334 e. The highest BCUT2D eigenvalue weighted by Gasteiger charge is 2.19. The van der Waals surface area contributed by atoms with E-state index in [1.165, 1.54) is 17.9 Å². The third-order valence-corrected chi connectivity index (χ3v) is 1.44. The van der Waals surface area contributed by atoms with Gasteiger partial charge in [0, 0.05) is 0 Å². The van der Waals surface area contributed by atoms with E-state index < -0.39 is 22.4 Å². The second-order valence-corrected chi connectivity index (χ2v) is 3.11. The number of aliphatic hydroxyl groups excluding tert-OH is 1. The van der Waals surface area contributed by atoms with Gasteiger partial charge in [-0.1, -0.05) is 0 Å². The van der Waals surface area contributed by atoms with Gasteiger partial charge in [-0.15, -0.1) is 0 Å². The number of nitrogens with one attached hydrogen (secondary N) is 1. The molecule has 3 N–H and O–H groups in total. The minimum absolute atomic E-state index is 1.19. The molecule has 0 aromatic heterocycles. The zero-order valence-electron chi connectivity index (χ0n) is 5.68. The Balaban J connectivity index is 4.22. The van der Waals surface area contributed by atoms with Gasteiger partial charge < -0.3 is 5.11 Å². The van der Waals surface area contributed by atoms with Crippen molar-refractivity contribution < 1.29 is 22.9 Å². The van der Waals surface area contributed by atoms with Crippen LogP contribution in [-0.2, 0) is 15.1 Å². The molecule has 11 heavy (non-hydrogen) atoms. The van der Waals surface area contributed by atoms with E-state index in [1.54, 1.807) is 0 Å². The summed E-state index contributed by atoms with van der Waals surface area (Å²) in [6.07, 6.45) is -0.0196. The van der Waals surface area contributed by atoms with Gasteiger partial charge in [0.15, 0.2) is 0 Å². The highest BCUT2D eigenvalue weighted by Crippen LogP contribution is 1.89. The number of hydrogen-bond acceptors (Lipinski definition) is 4. The Morgan fingerprint density at radius 2 is 2.00 bits per heavy atom. The lowest BCUT2D eigenvalue weighted by Crippen LogP contribution is -2.42. The van der Waals surface area contributed by atoms with E-state index in [0.29, 0.717) is 0 Å². The first kappa shape index (κ1) is 10.5. The van der Waals surface area contributed by atoms with Crippen molar-refractivity contribution in [1.29, 1.82) is 0 Å². The average molecular weight is 182 g/mol. The van der Waals surface area contributed by atoms with Gasteiger partial charge in [0.25, 0.3) is 0 Å². The summed E-state index contributed by atoms with van der Waals surface area (Å²) in [7, 11) is -4.45. The summed E-state index contributed by atoms with van der Waals surface area (Å²) in [5.41, 5.74) is 0. The lowest BCUT2D eigenvalue weighted by Gasteiger charge is -2.10. The molecule has 2 unspecified atom stereocenters. The van der Waals surface area contributed by atoms with E-state index in [4.69, 9.17) is 9.66 Å². The third kappa shape index (κ3) is 4.85. The molecule has 0 spiro atoms. The van der Waals surface area contributed by atoms with Gasteiger partial charge in [0.2, 0.25) is 6.29 Å². The molecule has 6 nitrogen and oxygen atoms in total. The molecule has 0 saturated carbocycles. The van der Waals surface area contributed by atoms with Gasteiger partial charge in [-0.3, -0.25) is 9.35 Å². The van der Waals surface area contributed by atoms with Crippen molar-refractivity contribution in [2.45, 2.75) is 19.1 Å². The van der Waals surface area contributed by atoms with Crippen LogP contribution in [0.5, 0.6) is 0 Å². The Labute approximate surface area is 64.1 Å². The quantitative estimate of drug-likeness (QED) is 0.447. The van der Waals surface area contributed by atoms with Crippen molar-refractivity contribution in [3.8, 4) is 0 Å². The van der Waals surface area contributed by atoms with Crippen molar-refractivity contribution in [1.82, 2.24) is 4.72 Å². The standard InChI is InChI=1S/C4H8NO5S/c1-3(7)4(2-6)5-11(8,9)10/h3-5,7H,1H3,(H,8,9,10). The monoisotopic (exact) mass is 182 g/mol. The zero-order valence-corrected chi connectivity index (χ0v) is 6.50. The fraction of sp³-hybridized carbons (Fsp3) is 0.750. The predicted octanol–water partition coefficient (Wildman–Crippen LogP) is -1.76. The second kappa shape index (κ2) is 3.77. The molecule has 65 valence electrons. The first-order chi connectivity index (χ1) is 4.87. The maximum absolute atomic E-state index is 10.1. The molecular formula is C4H8NO5S. The zero-order chi connectivity index (χ0) is 9.07. The smallest absolute Gasteiger partial charge is 0.334 e. The normalized spacial score (nSPS) is 17.4. The van der Waals surface area contributed by atoms with E-state index in [2.05, 4.69) is 0 Å². The summed E-state index contributed by atoms with van der Waals surface area (Å²) in [5, 5.41) is 8.67. The van der Waals surface area contributed by atoms with Crippen molar-refractivity contribution in [3.63, 3.8) is 0 Å². The molecule has 0 saturated heterocycles. The predicted molar refractivity (Wildman–Crippen MR) is 35.8 cm³/mol. The van der Waals surface area contributed by atoms with Crippen molar-refractivity contribution in [2.75, 3.05) is 0 Å². The van der Waals surface area contributed by atoms with E-state index in [1.807, 2.05) is 0 Å². The molecular weight excluding hydrogens is 174 g/mol. The molecule has 0 rings (SSSR count). The molecule has 1 radical (unpaired) electrons. The van der Waals surface area contributed by atoms with Crippen molar-refractivity contribution in [2.24, 2.45) is 0 Å². The maximum atomic E-state index is 10.1. The first-order valence-electron chi connectivity index (χ1n) is 2.67. The fourth-order valence-electron chi connectivity index (χ4n) is 0.381. The molecule has 0 aliphatic carbocycles. The second-order valence-electron chi connectivity index (χ2n) is 1.93. The Bertz CT molecular complexity index is 221. The molecule has 0 fully saturated rings. The highest BCUT2D eigenvalue weighted by molar-refractivity contribution is 7.83. The van der Waals surface area contributed by atoms with Crippen LogP contribution in [0.3, 0.4) is 0 Å². The Morgan fingerprint density at radius 3 is 2.09 bits per heavy atom. The SMILES string of the molecule is CC(O)C([C]=O)NS(=O)(=O)O. The van der Waals surface area contributed by atoms with Crippen LogP contribution >= 0.6 is 0 Å². The van der Waals surface area contributed by atoms with E-state index in [-0.39, 0.29) is 0 Å². The Hall–Kier alpha value is -0.500. The largest absolute Gasteiger partial charge is 0.391 e.